The van der Waals surface area contributed by atoms with Gasteiger partial charge >= 0.3 is 35.5 Å². The average molecular weight is 403 g/mol. The molecule has 1 aliphatic heterocycles. The van der Waals surface area contributed by atoms with E-state index in [0.29, 0.717) is 36.6 Å². The van der Waals surface area contributed by atoms with E-state index in [0.717, 1.165) is 17.1 Å². The Morgan fingerprint density at radius 1 is 1.04 bits per heavy atom. The summed E-state index contributed by atoms with van der Waals surface area (Å²) in [5, 5.41) is 14.3. The molecule has 0 saturated carbocycles. The van der Waals surface area contributed by atoms with E-state index in [1.54, 1.807) is 6.07 Å². The molecule has 2 aromatic carbocycles. The number of piperidine rings is 1. The van der Waals surface area contributed by atoms with Gasteiger partial charge in [0.25, 0.3) is 0 Å². The second-order valence-corrected chi connectivity index (χ2v) is 7.17. The van der Waals surface area contributed by atoms with Gasteiger partial charge in [0, 0.05) is 24.7 Å². The van der Waals surface area contributed by atoms with Crippen LogP contribution >= 0.6 is 23.2 Å². The molecule has 0 aliphatic carbocycles. The standard InChI is InChI=1S/C19H20Cl2N2O2.Na.H/c20-15-6-2-1-5-14(15)13-23-11-9-19(10-12-23,18(24)25)22-17-8-4-3-7-16(17)21;;/h1-8,22H,9-13H2,(H,24,25);;. The molecule has 0 amide bonds. The molecule has 0 bridgehead atoms. The number of carboxylic acid groups (broad SMARTS) is 1. The molecule has 1 fully saturated rings. The average Bonchev–Trinajstić information content (AvgIpc) is 2.60. The predicted octanol–water partition coefficient (Wildman–Crippen LogP) is 3.88. The number of nitrogens with one attached hydrogen (secondary N) is 1. The van der Waals surface area contributed by atoms with Gasteiger partial charge in [-0.15, -0.1) is 0 Å². The predicted molar refractivity (Wildman–Crippen MR) is 109 cm³/mol. The van der Waals surface area contributed by atoms with Gasteiger partial charge in [0.2, 0.25) is 0 Å². The molecular formula is C19H21Cl2N2NaO2. The molecule has 2 N–H and O–H groups in total. The summed E-state index contributed by atoms with van der Waals surface area (Å²) in [5.41, 5.74) is 0.722. The van der Waals surface area contributed by atoms with Gasteiger partial charge < -0.3 is 10.4 Å². The molecule has 2 aromatic rings. The van der Waals surface area contributed by atoms with Crippen LogP contribution in [0.1, 0.15) is 18.4 Å². The van der Waals surface area contributed by atoms with Gasteiger partial charge in [-0.05, 0) is 36.6 Å². The Hall–Kier alpha value is -0.750. The summed E-state index contributed by atoms with van der Waals surface area (Å²) in [6.45, 7) is 2.07. The number of benzene rings is 2. The molecule has 0 radical (unpaired) electrons. The first-order valence-electron chi connectivity index (χ1n) is 8.22. The first-order chi connectivity index (χ1) is 12.0. The maximum absolute atomic E-state index is 12.0. The monoisotopic (exact) mass is 402 g/mol. The summed E-state index contributed by atoms with van der Waals surface area (Å²) in [7, 11) is 0. The molecule has 26 heavy (non-hydrogen) atoms. The van der Waals surface area contributed by atoms with Crippen molar-refractivity contribution < 1.29 is 9.90 Å². The molecular weight excluding hydrogens is 382 g/mol. The molecule has 7 heteroatoms. The molecule has 1 saturated heterocycles. The fourth-order valence-corrected chi connectivity index (χ4v) is 3.55. The van der Waals surface area contributed by atoms with E-state index >= 15 is 0 Å². The third kappa shape index (κ3) is 4.94. The Balaban J connectivity index is 0.00000243. The van der Waals surface area contributed by atoms with Gasteiger partial charge in [0.1, 0.15) is 5.54 Å². The number of nitrogens with zero attached hydrogens (tertiary/aromatic N) is 1. The number of carbonyl (C=O) groups is 1. The Bertz CT molecular complexity index is 765. The van der Waals surface area contributed by atoms with Crippen molar-refractivity contribution in [3.8, 4) is 0 Å². The van der Waals surface area contributed by atoms with Crippen molar-refractivity contribution in [2.45, 2.75) is 24.9 Å². The van der Waals surface area contributed by atoms with Crippen LogP contribution in [0.5, 0.6) is 0 Å². The van der Waals surface area contributed by atoms with E-state index in [4.69, 9.17) is 23.2 Å². The maximum atomic E-state index is 12.0. The Morgan fingerprint density at radius 3 is 2.19 bits per heavy atom. The van der Waals surface area contributed by atoms with Crippen molar-refractivity contribution in [3.63, 3.8) is 0 Å². The fraction of sp³-hybridized carbons (Fsp3) is 0.316. The number of aliphatic carboxylic acids is 1. The molecule has 0 unspecified atom stereocenters. The fourth-order valence-electron chi connectivity index (χ4n) is 3.17. The number of halogens is 2. The van der Waals surface area contributed by atoms with E-state index in [1.807, 2.05) is 42.5 Å². The molecule has 3 rings (SSSR count). The Labute approximate surface area is 185 Å². The van der Waals surface area contributed by atoms with E-state index in [2.05, 4.69) is 10.2 Å². The summed E-state index contributed by atoms with van der Waals surface area (Å²) >= 11 is 12.4. The van der Waals surface area contributed by atoms with Crippen LogP contribution in [0.3, 0.4) is 0 Å². The van der Waals surface area contributed by atoms with Crippen LogP contribution in [0.2, 0.25) is 10.0 Å². The third-order valence-corrected chi connectivity index (χ3v) is 5.42. The zero-order valence-electron chi connectivity index (χ0n) is 13.7. The summed E-state index contributed by atoms with van der Waals surface area (Å²) in [6.07, 6.45) is 0.996. The Kier molecular flexibility index (Phi) is 7.83. The topological polar surface area (TPSA) is 52.6 Å². The molecule has 1 aliphatic rings. The molecule has 0 spiro atoms. The number of likely N-dealkylation sites (tertiary alicyclic amines) is 1. The van der Waals surface area contributed by atoms with Gasteiger partial charge in [-0.25, -0.2) is 4.79 Å². The summed E-state index contributed by atoms with van der Waals surface area (Å²) < 4.78 is 0. The van der Waals surface area contributed by atoms with Crippen LogP contribution in [0, 0.1) is 0 Å². The molecule has 4 nitrogen and oxygen atoms in total. The van der Waals surface area contributed by atoms with E-state index < -0.39 is 11.5 Å². The second-order valence-electron chi connectivity index (χ2n) is 6.36. The van der Waals surface area contributed by atoms with Crippen molar-refractivity contribution in [1.82, 2.24) is 4.90 Å². The van der Waals surface area contributed by atoms with Crippen LogP contribution in [0.4, 0.5) is 5.69 Å². The van der Waals surface area contributed by atoms with Crippen LogP contribution in [-0.4, -0.2) is 64.2 Å². The van der Waals surface area contributed by atoms with Crippen molar-refractivity contribution >= 4 is 64.4 Å². The quantitative estimate of drug-likeness (QED) is 0.745. The zero-order chi connectivity index (χ0) is 17.9. The van der Waals surface area contributed by atoms with E-state index in [-0.39, 0.29) is 29.6 Å². The third-order valence-electron chi connectivity index (χ3n) is 4.72. The molecule has 0 aromatic heterocycles. The van der Waals surface area contributed by atoms with Crippen molar-refractivity contribution in [3.05, 3.63) is 64.1 Å². The van der Waals surface area contributed by atoms with E-state index in [9.17, 15) is 9.90 Å². The molecule has 0 atom stereocenters. The van der Waals surface area contributed by atoms with Crippen LogP contribution in [0.15, 0.2) is 48.5 Å². The van der Waals surface area contributed by atoms with Crippen LogP contribution < -0.4 is 5.32 Å². The Morgan fingerprint density at radius 2 is 1.62 bits per heavy atom. The van der Waals surface area contributed by atoms with Crippen molar-refractivity contribution in [2.75, 3.05) is 18.4 Å². The van der Waals surface area contributed by atoms with Gasteiger partial charge in [-0.2, -0.15) is 0 Å². The number of hydrogen-bond donors (Lipinski definition) is 2. The number of para-hydroxylation sites is 1. The van der Waals surface area contributed by atoms with Gasteiger partial charge in [-0.3, -0.25) is 4.90 Å². The number of carboxylic acids is 1. The first kappa shape index (κ1) is 21.5. The zero-order valence-corrected chi connectivity index (χ0v) is 15.2. The number of anilines is 1. The van der Waals surface area contributed by atoms with Crippen molar-refractivity contribution in [2.24, 2.45) is 0 Å². The number of rotatable bonds is 5. The van der Waals surface area contributed by atoms with Gasteiger partial charge in [0.15, 0.2) is 0 Å². The van der Waals surface area contributed by atoms with Crippen LogP contribution in [-0.2, 0) is 11.3 Å². The van der Waals surface area contributed by atoms with E-state index in [1.165, 1.54) is 0 Å². The molecule has 134 valence electrons. The SMILES string of the molecule is O=C(O)C1(Nc2ccccc2Cl)CCN(Cc2ccccc2Cl)CC1.[NaH]. The normalized spacial score (nSPS) is 16.5. The minimum atomic E-state index is -0.998. The minimum absolute atomic E-state index is 0. The molecule has 1 heterocycles. The van der Waals surface area contributed by atoms with Crippen molar-refractivity contribution in [1.29, 1.82) is 0 Å². The number of hydrogen-bond acceptors (Lipinski definition) is 3. The summed E-state index contributed by atoms with van der Waals surface area (Å²) in [6, 6.07) is 15.0. The van der Waals surface area contributed by atoms with Gasteiger partial charge in [-0.1, -0.05) is 53.5 Å². The summed E-state index contributed by atoms with van der Waals surface area (Å²) in [5.74, 6) is -0.843. The summed E-state index contributed by atoms with van der Waals surface area (Å²) in [4.78, 5) is 14.2. The second kappa shape index (κ2) is 9.45. The first-order valence-corrected chi connectivity index (χ1v) is 8.98. The van der Waals surface area contributed by atoms with Crippen LogP contribution in [0.25, 0.3) is 0 Å². The van der Waals surface area contributed by atoms with Gasteiger partial charge in [0.05, 0.1) is 10.7 Å².